The molecule has 0 aliphatic heterocycles. The van der Waals surface area contributed by atoms with Gasteiger partial charge in [0.05, 0.1) is 5.69 Å². The third kappa shape index (κ3) is 2.30. The van der Waals surface area contributed by atoms with Crippen LogP contribution in [0.4, 0.5) is 0 Å². The molecule has 0 aliphatic carbocycles. The monoisotopic (exact) mass is 263 g/mol. The predicted molar refractivity (Wildman–Crippen MR) is 72.2 cm³/mol. The molecule has 0 unspecified atom stereocenters. The molecule has 0 spiro atoms. The molecule has 1 heterocycles. The van der Waals surface area contributed by atoms with Gasteiger partial charge in [-0.2, -0.15) is 5.10 Å². The Morgan fingerprint density at radius 2 is 2.06 bits per heavy atom. The maximum Gasteiger partial charge on any atom is 0.204 e. The zero-order chi connectivity index (χ0) is 13.3. The van der Waals surface area contributed by atoms with Gasteiger partial charge in [-0.25, -0.2) is 4.68 Å². The second-order valence-corrected chi connectivity index (χ2v) is 4.58. The van der Waals surface area contributed by atoms with Crippen molar-refractivity contribution in [3.8, 4) is 5.69 Å². The minimum Gasteiger partial charge on any atom is -0.325 e. The topological polar surface area (TPSA) is 60.9 Å². The summed E-state index contributed by atoms with van der Waals surface area (Å²) in [6.45, 7) is 3.92. The van der Waals surface area contributed by atoms with Crippen LogP contribution in [0.25, 0.3) is 5.69 Å². The van der Waals surface area contributed by atoms with Gasteiger partial charge in [0.2, 0.25) is 5.43 Å². The largest absolute Gasteiger partial charge is 0.325 e. The lowest BCUT2D eigenvalue weighted by Gasteiger charge is -2.13. The highest BCUT2D eigenvalue weighted by Crippen LogP contribution is 2.19. The van der Waals surface area contributed by atoms with Crippen molar-refractivity contribution in [3.05, 3.63) is 56.5 Å². The predicted octanol–water partition coefficient (Wildman–Crippen LogP) is 1.96. The van der Waals surface area contributed by atoms with Gasteiger partial charge in [0.1, 0.15) is 5.69 Å². The summed E-state index contributed by atoms with van der Waals surface area (Å²) in [4.78, 5) is 11.6. The fraction of sp³-hybridized carbons (Fsp3) is 0.231. The van der Waals surface area contributed by atoms with Crippen molar-refractivity contribution in [2.75, 3.05) is 0 Å². The number of aromatic nitrogens is 2. The molecule has 2 rings (SSSR count). The molecule has 0 saturated carbocycles. The summed E-state index contributed by atoms with van der Waals surface area (Å²) in [5, 5.41) is 4.91. The van der Waals surface area contributed by atoms with Crippen molar-refractivity contribution in [1.82, 2.24) is 9.78 Å². The van der Waals surface area contributed by atoms with Crippen LogP contribution < -0.4 is 11.2 Å². The average Bonchev–Trinajstić information content (AvgIpc) is 2.33. The molecular formula is C13H14ClN3O. The van der Waals surface area contributed by atoms with Crippen LogP contribution in [0, 0.1) is 13.8 Å². The molecule has 0 aliphatic rings. The molecule has 0 atom stereocenters. The standard InChI is InChI=1S/C13H14ClN3O/c1-8-3-4-10(14)6-12(8)17-9(2)5-13(18)11(7-15)16-17/h3-6H,7,15H2,1-2H3. The van der Waals surface area contributed by atoms with E-state index >= 15 is 0 Å². The number of nitrogens with two attached hydrogens (primary N) is 1. The first kappa shape index (κ1) is 12.8. The second-order valence-electron chi connectivity index (χ2n) is 4.14. The van der Waals surface area contributed by atoms with Crippen molar-refractivity contribution in [2.45, 2.75) is 20.4 Å². The Balaban J connectivity index is 2.70. The fourth-order valence-electron chi connectivity index (χ4n) is 1.78. The number of benzene rings is 1. The number of aryl methyl sites for hydroxylation is 2. The summed E-state index contributed by atoms with van der Waals surface area (Å²) in [5.41, 5.74) is 8.37. The third-order valence-corrected chi connectivity index (χ3v) is 3.01. The van der Waals surface area contributed by atoms with Crippen LogP contribution in [-0.2, 0) is 6.54 Å². The Bertz CT molecular complexity index is 649. The van der Waals surface area contributed by atoms with Crippen molar-refractivity contribution in [2.24, 2.45) is 5.73 Å². The molecule has 0 fully saturated rings. The van der Waals surface area contributed by atoms with Crippen LogP contribution in [0.5, 0.6) is 0 Å². The van der Waals surface area contributed by atoms with E-state index in [1.165, 1.54) is 6.07 Å². The van der Waals surface area contributed by atoms with Crippen LogP contribution >= 0.6 is 11.6 Å². The van der Waals surface area contributed by atoms with E-state index in [2.05, 4.69) is 5.10 Å². The van der Waals surface area contributed by atoms with Gasteiger partial charge >= 0.3 is 0 Å². The van der Waals surface area contributed by atoms with Crippen molar-refractivity contribution in [1.29, 1.82) is 0 Å². The maximum atomic E-state index is 11.6. The van der Waals surface area contributed by atoms with Gasteiger partial charge in [0, 0.05) is 23.3 Å². The molecule has 18 heavy (non-hydrogen) atoms. The highest BCUT2D eigenvalue weighted by Gasteiger charge is 2.08. The zero-order valence-electron chi connectivity index (χ0n) is 10.3. The van der Waals surface area contributed by atoms with Crippen molar-refractivity contribution < 1.29 is 0 Å². The van der Waals surface area contributed by atoms with Crippen LogP contribution in [-0.4, -0.2) is 9.78 Å². The Morgan fingerprint density at radius 3 is 2.72 bits per heavy atom. The minimum absolute atomic E-state index is 0.124. The van der Waals surface area contributed by atoms with E-state index in [9.17, 15) is 4.79 Å². The Kier molecular flexibility index (Phi) is 3.50. The van der Waals surface area contributed by atoms with Gasteiger partial charge in [-0.05, 0) is 31.5 Å². The Morgan fingerprint density at radius 1 is 1.33 bits per heavy atom. The van der Waals surface area contributed by atoms with Crippen LogP contribution in [0.15, 0.2) is 29.1 Å². The first-order valence-corrected chi connectivity index (χ1v) is 5.97. The number of rotatable bonds is 2. The molecule has 94 valence electrons. The van der Waals surface area contributed by atoms with Crippen LogP contribution in [0.3, 0.4) is 0 Å². The van der Waals surface area contributed by atoms with E-state index in [1.807, 2.05) is 32.0 Å². The summed E-state index contributed by atoms with van der Waals surface area (Å²) in [7, 11) is 0. The van der Waals surface area contributed by atoms with Gasteiger partial charge in [0.25, 0.3) is 0 Å². The van der Waals surface area contributed by atoms with Crippen LogP contribution in [0.1, 0.15) is 17.0 Å². The molecular weight excluding hydrogens is 250 g/mol. The lowest BCUT2D eigenvalue weighted by molar-refractivity contribution is 0.747. The van der Waals surface area contributed by atoms with E-state index in [0.717, 1.165) is 16.9 Å². The SMILES string of the molecule is Cc1ccc(Cl)cc1-n1nc(CN)c(=O)cc1C. The fourth-order valence-corrected chi connectivity index (χ4v) is 1.95. The summed E-state index contributed by atoms with van der Waals surface area (Å²) in [6.07, 6.45) is 0. The van der Waals surface area contributed by atoms with E-state index in [0.29, 0.717) is 10.7 Å². The van der Waals surface area contributed by atoms with E-state index in [4.69, 9.17) is 17.3 Å². The summed E-state index contributed by atoms with van der Waals surface area (Å²) < 4.78 is 1.70. The van der Waals surface area contributed by atoms with Gasteiger partial charge in [-0.15, -0.1) is 0 Å². The smallest absolute Gasteiger partial charge is 0.204 e. The lowest BCUT2D eigenvalue weighted by Crippen LogP contribution is -2.21. The van der Waals surface area contributed by atoms with Gasteiger partial charge in [-0.3, -0.25) is 4.79 Å². The zero-order valence-corrected chi connectivity index (χ0v) is 11.0. The molecule has 1 aromatic heterocycles. The Labute approximate surface area is 110 Å². The van der Waals surface area contributed by atoms with Gasteiger partial charge in [0.15, 0.2) is 0 Å². The lowest BCUT2D eigenvalue weighted by atomic mass is 10.2. The summed E-state index contributed by atoms with van der Waals surface area (Å²) >= 11 is 6.00. The molecule has 4 nitrogen and oxygen atoms in total. The molecule has 2 aromatic rings. The molecule has 2 N–H and O–H groups in total. The van der Waals surface area contributed by atoms with Crippen LogP contribution in [0.2, 0.25) is 5.02 Å². The first-order valence-electron chi connectivity index (χ1n) is 5.59. The van der Waals surface area contributed by atoms with Crippen molar-refractivity contribution >= 4 is 11.6 Å². The number of hydrogen-bond acceptors (Lipinski definition) is 3. The third-order valence-electron chi connectivity index (χ3n) is 2.77. The highest BCUT2D eigenvalue weighted by molar-refractivity contribution is 6.30. The quantitative estimate of drug-likeness (QED) is 0.901. The second kappa shape index (κ2) is 4.92. The number of halogens is 1. The molecule has 5 heteroatoms. The average molecular weight is 264 g/mol. The van der Waals surface area contributed by atoms with E-state index in [-0.39, 0.29) is 12.0 Å². The van der Waals surface area contributed by atoms with Gasteiger partial charge < -0.3 is 5.73 Å². The minimum atomic E-state index is -0.133. The maximum absolute atomic E-state index is 11.6. The summed E-state index contributed by atoms with van der Waals surface area (Å²) in [6, 6.07) is 7.10. The summed E-state index contributed by atoms with van der Waals surface area (Å²) in [5.74, 6) is 0. The molecule has 0 saturated heterocycles. The molecule has 1 aromatic carbocycles. The Hall–Kier alpha value is -1.65. The van der Waals surface area contributed by atoms with Gasteiger partial charge in [-0.1, -0.05) is 17.7 Å². The van der Waals surface area contributed by atoms with Crippen molar-refractivity contribution in [3.63, 3.8) is 0 Å². The number of hydrogen-bond donors (Lipinski definition) is 1. The normalized spacial score (nSPS) is 10.7. The highest BCUT2D eigenvalue weighted by atomic mass is 35.5. The molecule has 0 amide bonds. The molecule has 0 bridgehead atoms. The molecule has 0 radical (unpaired) electrons. The van der Waals surface area contributed by atoms with E-state index in [1.54, 1.807) is 4.68 Å². The van der Waals surface area contributed by atoms with E-state index < -0.39 is 0 Å². The first-order chi connectivity index (χ1) is 8.52. The number of nitrogens with zero attached hydrogens (tertiary/aromatic N) is 2.